The van der Waals surface area contributed by atoms with Gasteiger partial charge in [0.15, 0.2) is 11.6 Å². The maximum Gasteiger partial charge on any atom is 0.259 e. The highest BCUT2D eigenvalue weighted by Gasteiger charge is 2.15. The number of carbonyl (C=O) groups is 1. The molecule has 3 aromatic carbocycles. The van der Waals surface area contributed by atoms with Crippen molar-refractivity contribution in [1.82, 2.24) is 9.97 Å². The fraction of sp³-hybridized carbons (Fsp3) is 0.0417. The predicted molar refractivity (Wildman–Crippen MR) is 113 cm³/mol. The first-order valence-corrected chi connectivity index (χ1v) is 9.23. The van der Waals surface area contributed by atoms with Gasteiger partial charge in [-0.05, 0) is 31.2 Å². The van der Waals surface area contributed by atoms with Crippen LogP contribution in [0, 0.1) is 6.92 Å². The highest BCUT2D eigenvalue weighted by Crippen LogP contribution is 2.29. The van der Waals surface area contributed by atoms with E-state index in [1.807, 2.05) is 78.9 Å². The molecule has 1 aromatic heterocycles. The smallest absolute Gasteiger partial charge is 0.259 e. The van der Waals surface area contributed by atoms with E-state index < -0.39 is 0 Å². The Kier molecular flexibility index (Phi) is 5.29. The molecule has 1 heterocycles. The van der Waals surface area contributed by atoms with Gasteiger partial charge in [-0.15, -0.1) is 0 Å². The third-order valence-electron chi connectivity index (χ3n) is 4.36. The number of aromatic nitrogens is 2. The number of amides is 1. The molecule has 142 valence electrons. The van der Waals surface area contributed by atoms with Gasteiger partial charge in [0.05, 0.1) is 16.9 Å². The second-order valence-electron chi connectivity index (χ2n) is 6.42. The van der Waals surface area contributed by atoms with Crippen molar-refractivity contribution in [1.29, 1.82) is 0 Å². The van der Waals surface area contributed by atoms with E-state index in [4.69, 9.17) is 4.74 Å². The van der Waals surface area contributed by atoms with Crippen LogP contribution in [0.5, 0.6) is 11.5 Å². The molecule has 1 N–H and O–H groups in total. The molecule has 4 aromatic rings. The average Bonchev–Trinajstić information content (AvgIpc) is 2.76. The molecule has 5 nitrogen and oxygen atoms in total. The molecule has 0 spiro atoms. The molecular weight excluding hydrogens is 362 g/mol. The third-order valence-corrected chi connectivity index (χ3v) is 4.36. The minimum atomic E-state index is -0.286. The van der Waals surface area contributed by atoms with Gasteiger partial charge < -0.3 is 10.1 Å². The van der Waals surface area contributed by atoms with Crippen LogP contribution in [0.3, 0.4) is 0 Å². The van der Waals surface area contributed by atoms with Gasteiger partial charge >= 0.3 is 0 Å². The highest BCUT2D eigenvalue weighted by atomic mass is 16.5. The second-order valence-corrected chi connectivity index (χ2v) is 6.42. The maximum absolute atomic E-state index is 12.8. The van der Waals surface area contributed by atoms with E-state index in [0.29, 0.717) is 34.3 Å². The zero-order valence-electron chi connectivity index (χ0n) is 15.9. The molecule has 0 bridgehead atoms. The number of carbonyl (C=O) groups excluding carboxylic acids is 1. The van der Waals surface area contributed by atoms with Crippen molar-refractivity contribution in [3.05, 3.63) is 102 Å². The summed E-state index contributed by atoms with van der Waals surface area (Å²) in [6, 6.07) is 26.4. The van der Waals surface area contributed by atoms with Crippen LogP contribution in [-0.2, 0) is 0 Å². The number of anilines is 1. The van der Waals surface area contributed by atoms with Gasteiger partial charge in [-0.3, -0.25) is 4.79 Å². The van der Waals surface area contributed by atoms with Crippen molar-refractivity contribution in [2.45, 2.75) is 6.92 Å². The third kappa shape index (κ3) is 4.30. The highest BCUT2D eigenvalue weighted by molar-refractivity contribution is 6.05. The van der Waals surface area contributed by atoms with Crippen LogP contribution in [0.25, 0.3) is 11.4 Å². The quantitative estimate of drug-likeness (QED) is 0.496. The first-order chi connectivity index (χ1) is 14.2. The molecule has 1 amide bonds. The minimum absolute atomic E-state index is 0.286. The molecule has 0 aliphatic carbocycles. The number of nitrogens with one attached hydrogen (secondary N) is 1. The van der Waals surface area contributed by atoms with Gasteiger partial charge in [0, 0.05) is 11.8 Å². The van der Waals surface area contributed by atoms with Crippen LogP contribution in [0.1, 0.15) is 16.1 Å². The van der Waals surface area contributed by atoms with Crippen molar-refractivity contribution >= 4 is 11.6 Å². The number of hydrogen-bond acceptors (Lipinski definition) is 4. The molecule has 5 heteroatoms. The van der Waals surface area contributed by atoms with Gasteiger partial charge in [0.1, 0.15) is 5.75 Å². The first-order valence-electron chi connectivity index (χ1n) is 9.23. The summed E-state index contributed by atoms with van der Waals surface area (Å²) in [6.07, 6.45) is 1.56. The van der Waals surface area contributed by atoms with Crippen molar-refractivity contribution in [2.24, 2.45) is 0 Å². The second kappa shape index (κ2) is 8.35. The van der Waals surface area contributed by atoms with Crippen molar-refractivity contribution in [3.63, 3.8) is 0 Å². The molecule has 0 unspecified atom stereocenters. The lowest BCUT2D eigenvalue weighted by molar-refractivity contribution is 0.102. The monoisotopic (exact) mass is 381 g/mol. The SMILES string of the molecule is Cc1nc(-c2ccccc2)ncc1C(=O)Nc1ccccc1Oc1ccccc1. The molecule has 0 aliphatic rings. The molecule has 0 saturated carbocycles. The number of nitrogens with zero attached hydrogens (tertiary/aromatic N) is 2. The summed E-state index contributed by atoms with van der Waals surface area (Å²) in [7, 11) is 0. The summed E-state index contributed by atoms with van der Waals surface area (Å²) in [5.74, 6) is 1.56. The zero-order chi connectivity index (χ0) is 20.1. The minimum Gasteiger partial charge on any atom is -0.455 e. The largest absolute Gasteiger partial charge is 0.455 e. The Labute approximate surface area is 169 Å². The van der Waals surface area contributed by atoms with Gasteiger partial charge in [-0.1, -0.05) is 60.7 Å². The van der Waals surface area contributed by atoms with Crippen molar-refractivity contribution in [3.8, 4) is 22.9 Å². The Morgan fingerprint density at radius 3 is 2.24 bits per heavy atom. The fourth-order valence-electron chi connectivity index (χ4n) is 2.88. The Hall–Kier alpha value is -3.99. The number of para-hydroxylation sites is 3. The van der Waals surface area contributed by atoms with E-state index in [1.54, 1.807) is 19.2 Å². The Balaban J connectivity index is 1.56. The topological polar surface area (TPSA) is 64.1 Å². The Bertz CT molecular complexity index is 1130. The average molecular weight is 381 g/mol. The predicted octanol–water partition coefficient (Wildman–Crippen LogP) is 5.50. The van der Waals surface area contributed by atoms with Crippen molar-refractivity contribution < 1.29 is 9.53 Å². The zero-order valence-corrected chi connectivity index (χ0v) is 15.9. The van der Waals surface area contributed by atoms with Crippen LogP contribution in [-0.4, -0.2) is 15.9 Å². The number of ether oxygens (including phenoxy) is 1. The van der Waals surface area contributed by atoms with E-state index in [-0.39, 0.29) is 5.91 Å². The molecule has 4 rings (SSSR count). The number of hydrogen-bond donors (Lipinski definition) is 1. The summed E-state index contributed by atoms with van der Waals surface area (Å²) < 4.78 is 5.91. The van der Waals surface area contributed by atoms with E-state index in [1.165, 1.54) is 0 Å². The van der Waals surface area contributed by atoms with Crippen LogP contribution in [0.15, 0.2) is 91.1 Å². The molecule has 0 radical (unpaired) electrons. The van der Waals surface area contributed by atoms with E-state index in [9.17, 15) is 4.79 Å². The first kappa shape index (κ1) is 18.4. The summed E-state index contributed by atoms with van der Waals surface area (Å²) in [5.41, 5.74) is 2.51. The lowest BCUT2D eigenvalue weighted by Gasteiger charge is -2.13. The molecule has 0 saturated heterocycles. The number of rotatable bonds is 5. The number of benzene rings is 3. The molecule has 0 fully saturated rings. The van der Waals surface area contributed by atoms with Crippen molar-refractivity contribution in [2.75, 3.05) is 5.32 Å². The summed E-state index contributed by atoms with van der Waals surface area (Å²) >= 11 is 0. The lowest BCUT2D eigenvalue weighted by atomic mass is 10.1. The van der Waals surface area contributed by atoms with Gasteiger partial charge in [-0.2, -0.15) is 0 Å². The van der Waals surface area contributed by atoms with E-state index in [0.717, 1.165) is 5.56 Å². The molecule has 0 aliphatic heterocycles. The summed E-state index contributed by atoms with van der Waals surface area (Å²) in [6.45, 7) is 1.80. The standard InChI is InChI=1S/C24H19N3O2/c1-17-20(16-25-23(26-17)18-10-4-2-5-11-18)24(28)27-21-14-8-9-15-22(21)29-19-12-6-3-7-13-19/h2-16H,1H3,(H,27,28). The Morgan fingerprint density at radius 2 is 1.52 bits per heavy atom. The number of aryl methyl sites for hydroxylation is 1. The Morgan fingerprint density at radius 1 is 0.862 bits per heavy atom. The molecule has 0 atom stereocenters. The van der Waals surface area contributed by atoms with Gasteiger partial charge in [0.2, 0.25) is 0 Å². The van der Waals surface area contributed by atoms with E-state index >= 15 is 0 Å². The van der Waals surface area contributed by atoms with Crippen LogP contribution < -0.4 is 10.1 Å². The molecular formula is C24H19N3O2. The maximum atomic E-state index is 12.8. The van der Waals surface area contributed by atoms with E-state index in [2.05, 4.69) is 15.3 Å². The summed E-state index contributed by atoms with van der Waals surface area (Å²) in [4.78, 5) is 21.7. The fourth-order valence-corrected chi connectivity index (χ4v) is 2.88. The van der Waals surface area contributed by atoms with Gasteiger partial charge in [0.25, 0.3) is 5.91 Å². The lowest BCUT2D eigenvalue weighted by Crippen LogP contribution is -2.15. The van der Waals surface area contributed by atoms with Crippen LogP contribution >= 0.6 is 0 Å². The van der Waals surface area contributed by atoms with Crippen LogP contribution in [0.4, 0.5) is 5.69 Å². The summed E-state index contributed by atoms with van der Waals surface area (Å²) in [5, 5.41) is 2.90. The normalized spacial score (nSPS) is 10.4. The van der Waals surface area contributed by atoms with Crippen LogP contribution in [0.2, 0.25) is 0 Å². The van der Waals surface area contributed by atoms with Gasteiger partial charge in [-0.25, -0.2) is 9.97 Å². The molecule has 29 heavy (non-hydrogen) atoms.